The topological polar surface area (TPSA) is 63.3 Å². The van der Waals surface area contributed by atoms with Crippen LogP contribution in [0.1, 0.15) is 51.9 Å². The van der Waals surface area contributed by atoms with Crippen LogP contribution in [0, 0.1) is 17.3 Å². The van der Waals surface area contributed by atoms with Crippen LogP contribution >= 0.6 is 0 Å². The van der Waals surface area contributed by atoms with E-state index in [1.54, 1.807) is 0 Å². The first kappa shape index (κ1) is 11.9. The van der Waals surface area contributed by atoms with Gasteiger partial charge in [0.2, 0.25) is 0 Å². The maximum absolute atomic E-state index is 11.5. The number of carboxylic acid groups (broad SMARTS) is 1. The second kappa shape index (κ2) is 4.36. The SMILES string of the molecule is CC(CC1(C(=O)O)CCC(N)CC1)C1CC1. The number of nitrogens with two attached hydrogens (primary N) is 1. The number of rotatable bonds is 4. The quantitative estimate of drug-likeness (QED) is 0.772. The Morgan fingerprint density at radius 2 is 1.94 bits per heavy atom. The van der Waals surface area contributed by atoms with Gasteiger partial charge in [-0.1, -0.05) is 6.92 Å². The second-order valence-corrected chi connectivity index (χ2v) is 5.94. The van der Waals surface area contributed by atoms with Gasteiger partial charge in [-0.05, 0) is 56.8 Å². The van der Waals surface area contributed by atoms with Crippen LogP contribution < -0.4 is 5.73 Å². The lowest BCUT2D eigenvalue weighted by Gasteiger charge is -2.37. The van der Waals surface area contributed by atoms with E-state index in [0.29, 0.717) is 5.92 Å². The lowest BCUT2D eigenvalue weighted by atomic mass is 9.67. The Morgan fingerprint density at radius 3 is 2.38 bits per heavy atom. The van der Waals surface area contributed by atoms with Crippen molar-refractivity contribution >= 4 is 5.97 Å². The molecule has 0 aromatic carbocycles. The van der Waals surface area contributed by atoms with E-state index in [0.717, 1.165) is 38.0 Å². The first-order valence-electron chi connectivity index (χ1n) is 6.52. The van der Waals surface area contributed by atoms with Gasteiger partial charge < -0.3 is 10.8 Å². The number of carboxylic acids is 1. The van der Waals surface area contributed by atoms with Crippen LogP contribution in [0.3, 0.4) is 0 Å². The molecular weight excluding hydrogens is 202 g/mol. The van der Waals surface area contributed by atoms with Crippen LogP contribution in [-0.2, 0) is 4.79 Å². The molecule has 2 aliphatic rings. The normalized spacial score (nSPS) is 37.0. The van der Waals surface area contributed by atoms with E-state index in [9.17, 15) is 9.90 Å². The lowest BCUT2D eigenvalue weighted by molar-refractivity contribution is -0.152. The summed E-state index contributed by atoms with van der Waals surface area (Å²) in [7, 11) is 0. The third kappa shape index (κ3) is 2.40. The Balaban J connectivity index is 2.00. The van der Waals surface area contributed by atoms with E-state index in [-0.39, 0.29) is 6.04 Å². The van der Waals surface area contributed by atoms with Crippen LogP contribution in [0.2, 0.25) is 0 Å². The summed E-state index contributed by atoms with van der Waals surface area (Å²) in [5, 5.41) is 9.49. The van der Waals surface area contributed by atoms with E-state index < -0.39 is 11.4 Å². The Bertz CT molecular complexity index is 265. The van der Waals surface area contributed by atoms with Gasteiger partial charge in [-0.2, -0.15) is 0 Å². The van der Waals surface area contributed by atoms with E-state index in [4.69, 9.17) is 5.73 Å². The first-order valence-corrected chi connectivity index (χ1v) is 6.52. The summed E-state index contributed by atoms with van der Waals surface area (Å²) < 4.78 is 0. The molecule has 2 aliphatic carbocycles. The van der Waals surface area contributed by atoms with Crippen molar-refractivity contribution in [2.75, 3.05) is 0 Å². The summed E-state index contributed by atoms with van der Waals surface area (Å²) >= 11 is 0. The molecule has 0 saturated heterocycles. The average molecular weight is 225 g/mol. The number of hydrogen-bond acceptors (Lipinski definition) is 2. The molecule has 1 atom stereocenters. The molecule has 2 fully saturated rings. The predicted octanol–water partition coefficient (Wildman–Crippen LogP) is 2.39. The van der Waals surface area contributed by atoms with Crippen molar-refractivity contribution in [2.24, 2.45) is 23.0 Å². The van der Waals surface area contributed by atoms with Crippen molar-refractivity contribution in [3.63, 3.8) is 0 Å². The molecule has 0 bridgehead atoms. The summed E-state index contributed by atoms with van der Waals surface area (Å²) in [5.74, 6) is 0.782. The molecule has 2 rings (SSSR count). The van der Waals surface area contributed by atoms with Gasteiger partial charge in [-0.15, -0.1) is 0 Å². The summed E-state index contributed by atoms with van der Waals surface area (Å²) in [6.07, 6.45) is 6.78. The Labute approximate surface area is 97.4 Å². The molecule has 0 radical (unpaired) electrons. The van der Waals surface area contributed by atoms with E-state index in [1.807, 2.05) is 0 Å². The fourth-order valence-electron chi connectivity index (χ4n) is 3.15. The highest BCUT2D eigenvalue weighted by atomic mass is 16.4. The highest BCUT2D eigenvalue weighted by Gasteiger charge is 2.44. The zero-order chi connectivity index (χ0) is 11.8. The van der Waals surface area contributed by atoms with Crippen LogP contribution in [-0.4, -0.2) is 17.1 Å². The van der Waals surface area contributed by atoms with Gasteiger partial charge in [-0.3, -0.25) is 4.79 Å². The fraction of sp³-hybridized carbons (Fsp3) is 0.923. The minimum Gasteiger partial charge on any atom is -0.481 e. The predicted molar refractivity (Wildman–Crippen MR) is 63.0 cm³/mol. The molecule has 0 amide bonds. The van der Waals surface area contributed by atoms with Crippen molar-refractivity contribution in [3.8, 4) is 0 Å². The third-order valence-electron chi connectivity index (χ3n) is 4.58. The van der Waals surface area contributed by atoms with Crippen LogP contribution in [0.25, 0.3) is 0 Å². The Morgan fingerprint density at radius 1 is 1.38 bits per heavy atom. The largest absolute Gasteiger partial charge is 0.481 e. The van der Waals surface area contributed by atoms with Gasteiger partial charge in [0, 0.05) is 6.04 Å². The van der Waals surface area contributed by atoms with Gasteiger partial charge in [0.05, 0.1) is 5.41 Å². The van der Waals surface area contributed by atoms with Crippen LogP contribution in [0.5, 0.6) is 0 Å². The van der Waals surface area contributed by atoms with Gasteiger partial charge in [0.25, 0.3) is 0 Å². The molecule has 3 nitrogen and oxygen atoms in total. The zero-order valence-electron chi connectivity index (χ0n) is 10.1. The number of carbonyl (C=O) groups is 1. The Hall–Kier alpha value is -0.570. The summed E-state index contributed by atoms with van der Waals surface area (Å²) in [5.41, 5.74) is 5.41. The molecule has 2 saturated carbocycles. The van der Waals surface area contributed by atoms with Crippen LogP contribution in [0.15, 0.2) is 0 Å². The van der Waals surface area contributed by atoms with Crippen LogP contribution in [0.4, 0.5) is 0 Å². The van der Waals surface area contributed by atoms with Crippen molar-refractivity contribution < 1.29 is 9.90 Å². The van der Waals surface area contributed by atoms with E-state index in [1.165, 1.54) is 12.8 Å². The molecule has 0 heterocycles. The van der Waals surface area contributed by atoms with E-state index in [2.05, 4.69) is 6.92 Å². The smallest absolute Gasteiger partial charge is 0.309 e. The number of hydrogen-bond donors (Lipinski definition) is 2. The van der Waals surface area contributed by atoms with Crippen molar-refractivity contribution in [1.29, 1.82) is 0 Å². The second-order valence-electron chi connectivity index (χ2n) is 5.94. The molecule has 1 unspecified atom stereocenters. The fourth-order valence-corrected chi connectivity index (χ4v) is 3.15. The monoisotopic (exact) mass is 225 g/mol. The standard InChI is InChI=1S/C13H23NO2/c1-9(10-2-3-10)8-13(12(15)16)6-4-11(14)5-7-13/h9-11H,2-8,14H2,1H3,(H,15,16). The highest BCUT2D eigenvalue weighted by molar-refractivity contribution is 5.74. The molecule has 3 N–H and O–H groups in total. The third-order valence-corrected chi connectivity index (χ3v) is 4.58. The molecule has 0 spiro atoms. The number of aliphatic carboxylic acids is 1. The summed E-state index contributed by atoms with van der Waals surface area (Å²) in [4.78, 5) is 11.5. The molecule has 92 valence electrons. The van der Waals surface area contributed by atoms with Gasteiger partial charge in [0.15, 0.2) is 0 Å². The molecule has 3 heteroatoms. The van der Waals surface area contributed by atoms with Crippen molar-refractivity contribution in [2.45, 2.75) is 57.9 Å². The van der Waals surface area contributed by atoms with Crippen molar-refractivity contribution in [3.05, 3.63) is 0 Å². The minimum atomic E-state index is -0.591. The molecule has 0 aromatic heterocycles. The maximum atomic E-state index is 11.5. The van der Waals surface area contributed by atoms with Gasteiger partial charge >= 0.3 is 5.97 Å². The molecule has 16 heavy (non-hydrogen) atoms. The van der Waals surface area contributed by atoms with Gasteiger partial charge in [-0.25, -0.2) is 0 Å². The average Bonchev–Trinajstić information content (AvgIpc) is 3.04. The maximum Gasteiger partial charge on any atom is 0.309 e. The molecule has 0 aliphatic heterocycles. The Kier molecular flexibility index (Phi) is 3.24. The van der Waals surface area contributed by atoms with Gasteiger partial charge in [0.1, 0.15) is 0 Å². The molecular formula is C13H23NO2. The summed E-state index contributed by atoms with van der Waals surface area (Å²) in [6, 6.07) is 0.226. The molecule has 0 aromatic rings. The first-order chi connectivity index (χ1) is 7.53. The minimum absolute atomic E-state index is 0.226. The van der Waals surface area contributed by atoms with Crippen molar-refractivity contribution in [1.82, 2.24) is 0 Å². The zero-order valence-corrected chi connectivity index (χ0v) is 10.1. The highest BCUT2D eigenvalue weighted by Crippen LogP contribution is 2.47. The summed E-state index contributed by atoms with van der Waals surface area (Å²) in [6.45, 7) is 2.22. The van der Waals surface area contributed by atoms with E-state index >= 15 is 0 Å². The lowest BCUT2D eigenvalue weighted by Crippen LogP contribution is -2.40.